The fraction of sp³-hybridized carbons (Fsp3) is 0.333. The normalized spacial score (nSPS) is 16.2. The van der Waals surface area contributed by atoms with Crippen molar-refractivity contribution in [3.8, 4) is 5.75 Å². The van der Waals surface area contributed by atoms with Crippen LogP contribution in [0.4, 0.5) is 5.69 Å². The predicted molar refractivity (Wildman–Crippen MR) is 95.3 cm³/mol. The van der Waals surface area contributed by atoms with E-state index in [4.69, 9.17) is 0 Å². The molecule has 0 bridgehead atoms. The number of hydrogen-bond acceptors (Lipinski definition) is 5. The first kappa shape index (κ1) is 16.8. The van der Waals surface area contributed by atoms with E-state index in [0.29, 0.717) is 11.4 Å². The molecule has 1 N–H and O–H groups in total. The number of phenolic OH excluding ortho intramolecular Hbond substituents is 1. The van der Waals surface area contributed by atoms with Gasteiger partial charge in [-0.15, -0.1) is 0 Å². The Morgan fingerprint density at radius 2 is 1.50 bits per heavy atom. The maximum Gasteiger partial charge on any atom is 0.179 e. The molecular formula is C18H22N2O3S. The van der Waals surface area contributed by atoms with E-state index < -0.39 is 9.84 Å². The van der Waals surface area contributed by atoms with Gasteiger partial charge in [0.05, 0.1) is 10.6 Å². The minimum atomic E-state index is -3.21. The summed E-state index contributed by atoms with van der Waals surface area (Å²) in [7, 11) is -3.21. The molecule has 0 unspecified atom stereocenters. The maximum atomic E-state index is 12.3. The van der Waals surface area contributed by atoms with Gasteiger partial charge in [-0.2, -0.15) is 0 Å². The smallest absolute Gasteiger partial charge is 0.179 e. The molecule has 5 nitrogen and oxygen atoms in total. The highest BCUT2D eigenvalue weighted by Crippen LogP contribution is 2.20. The summed E-state index contributed by atoms with van der Waals surface area (Å²) in [5.41, 5.74) is 1.09. The molecule has 1 fully saturated rings. The Morgan fingerprint density at radius 1 is 0.875 bits per heavy atom. The van der Waals surface area contributed by atoms with E-state index in [1.807, 2.05) is 18.2 Å². The third-order valence-corrected chi connectivity index (χ3v) is 6.08. The average molecular weight is 346 g/mol. The van der Waals surface area contributed by atoms with E-state index in [9.17, 15) is 13.5 Å². The Hall–Kier alpha value is -2.05. The van der Waals surface area contributed by atoms with Gasteiger partial charge in [0.15, 0.2) is 9.84 Å². The first-order chi connectivity index (χ1) is 11.5. The van der Waals surface area contributed by atoms with Crippen molar-refractivity contribution < 1.29 is 13.5 Å². The Balaban J connectivity index is 1.51. The highest BCUT2D eigenvalue weighted by molar-refractivity contribution is 7.91. The van der Waals surface area contributed by atoms with Gasteiger partial charge in [-0.05, 0) is 36.4 Å². The van der Waals surface area contributed by atoms with Crippen LogP contribution in [0.25, 0.3) is 0 Å². The highest BCUT2D eigenvalue weighted by atomic mass is 32.2. The molecule has 24 heavy (non-hydrogen) atoms. The van der Waals surface area contributed by atoms with Crippen molar-refractivity contribution in [1.29, 1.82) is 0 Å². The molecule has 1 saturated heterocycles. The summed E-state index contributed by atoms with van der Waals surface area (Å²) >= 11 is 0. The number of nitrogens with zero attached hydrogens (tertiary/aromatic N) is 2. The summed E-state index contributed by atoms with van der Waals surface area (Å²) in [4.78, 5) is 4.84. The average Bonchev–Trinajstić information content (AvgIpc) is 2.62. The molecule has 0 atom stereocenters. The Labute approximate surface area is 143 Å². The molecule has 2 aromatic carbocycles. The van der Waals surface area contributed by atoms with Crippen LogP contribution < -0.4 is 4.90 Å². The van der Waals surface area contributed by atoms with Crippen molar-refractivity contribution in [1.82, 2.24) is 4.90 Å². The van der Waals surface area contributed by atoms with Gasteiger partial charge in [-0.25, -0.2) is 8.42 Å². The molecule has 0 radical (unpaired) electrons. The van der Waals surface area contributed by atoms with Gasteiger partial charge in [-0.1, -0.05) is 18.2 Å². The largest absolute Gasteiger partial charge is 0.508 e. The van der Waals surface area contributed by atoms with Crippen molar-refractivity contribution in [3.63, 3.8) is 0 Å². The number of sulfone groups is 1. The second-order valence-corrected chi connectivity index (χ2v) is 8.09. The molecule has 0 saturated carbocycles. The molecule has 0 aromatic heterocycles. The summed E-state index contributed by atoms with van der Waals surface area (Å²) in [5.74, 6) is 0.416. The van der Waals surface area contributed by atoms with Crippen LogP contribution in [0.15, 0.2) is 59.5 Å². The van der Waals surface area contributed by atoms with Crippen LogP contribution in [0.5, 0.6) is 5.75 Å². The van der Waals surface area contributed by atoms with Gasteiger partial charge in [-0.3, -0.25) is 4.90 Å². The standard InChI is InChI=1S/C18H22N2O3S/c21-17-8-6-16(7-9-17)20-12-10-19(11-13-20)14-15-24(22,23)18-4-2-1-3-5-18/h1-9,21H,10-15H2. The van der Waals surface area contributed by atoms with Crippen LogP contribution in [0.2, 0.25) is 0 Å². The zero-order valence-electron chi connectivity index (χ0n) is 13.5. The second kappa shape index (κ2) is 7.23. The van der Waals surface area contributed by atoms with Crippen LogP contribution >= 0.6 is 0 Å². The van der Waals surface area contributed by atoms with Gasteiger partial charge in [0.25, 0.3) is 0 Å². The zero-order valence-corrected chi connectivity index (χ0v) is 14.3. The number of benzene rings is 2. The van der Waals surface area contributed by atoms with Gasteiger partial charge in [0.2, 0.25) is 0 Å². The Bertz CT molecular complexity index is 753. The number of piperazine rings is 1. The molecule has 0 amide bonds. The van der Waals surface area contributed by atoms with E-state index in [1.54, 1.807) is 36.4 Å². The lowest BCUT2D eigenvalue weighted by molar-refractivity contribution is 0.272. The molecule has 6 heteroatoms. The number of phenols is 1. The first-order valence-corrected chi connectivity index (χ1v) is 9.74. The van der Waals surface area contributed by atoms with Gasteiger partial charge in [0.1, 0.15) is 5.75 Å². The number of rotatable bonds is 5. The van der Waals surface area contributed by atoms with Gasteiger partial charge < -0.3 is 10.0 Å². The Morgan fingerprint density at radius 3 is 2.12 bits per heavy atom. The van der Waals surface area contributed by atoms with Gasteiger partial charge >= 0.3 is 0 Å². The van der Waals surface area contributed by atoms with E-state index in [-0.39, 0.29) is 11.5 Å². The molecular weight excluding hydrogens is 324 g/mol. The third-order valence-electron chi connectivity index (χ3n) is 4.37. The summed E-state index contributed by atoms with van der Waals surface area (Å²) in [5, 5.41) is 9.35. The third kappa shape index (κ3) is 4.07. The second-order valence-electron chi connectivity index (χ2n) is 5.98. The SMILES string of the molecule is O=S(=O)(CCN1CCN(c2ccc(O)cc2)CC1)c1ccccc1. The summed E-state index contributed by atoms with van der Waals surface area (Å²) in [6.07, 6.45) is 0. The summed E-state index contributed by atoms with van der Waals surface area (Å²) in [6.45, 7) is 3.95. The van der Waals surface area contributed by atoms with E-state index >= 15 is 0 Å². The first-order valence-electron chi connectivity index (χ1n) is 8.09. The van der Waals surface area contributed by atoms with Crippen LogP contribution in [-0.4, -0.2) is 56.9 Å². The number of hydrogen-bond donors (Lipinski definition) is 1. The number of anilines is 1. The van der Waals surface area contributed by atoms with Crippen LogP contribution in [0.3, 0.4) is 0 Å². The van der Waals surface area contributed by atoms with Crippen LogP contribution in [0, 0.1) is 0 Å². The summed E-state index contributed by atoms with van der Waals surface area (Å²) in [6, 6.07) is 15.8. The van der Waals surface area contributed by atoms with Crippen LogP contribution in [0.1, 0.15) is 0 Å². The van der Waals surface area contributed by atoms with Crippen molar-refractivity contribution in [2.24, 2.45) is 0 Å². The lowest BCUT2D eigenvalue weighted by Crippen LogP contribution is -2.47. The fourth-order valence-electron chi connectivity index (χ4n) is 2.89. The molecule has 1 aliphatic rings. The van der Waals surface area contributed by atoms with Crippen molar-refractivity contribution in [2.75, 3.05) is 43.4 Å². The quantitative estimate of drug-likeness (QED) is 0.897. The molecule has 128 valence electrons. The molecule has 0 spiro atoms. The molecule has 0 aliphatic carbocycles. The van der Waals surface area contributed by atoms with E-state index in [0.717, 1.165) is 31.9 Å². The summed E-state index contributed by atoms with van der Waals surface area (Å²) < 4.78 is 24.7. The van der Waals surface area contributed by atoms with Crippen LogP contribution in [-0.2, 0) is 9.84 Å². The Kier molecular flexibility index (Phi) is 5.06. The van der Waals surface area contributed by atoms with Crippen molar-refractivity contribution >= 4 is 15.5 Å². The molecule has 3 rings (SSSR count). The molecule has 2 aromatic rings. The molecule has 1 heterocycles. The fourth-order valence-corrected chi connectivity index (χ4v) is 4.19. The van der Waals surface area contributed by atoms with E-state index in [2.05, 4.69) is 9.80 Å². The minimum Gasteiger partial charge on any atom is -0.508 e. The maximum absolute atomic E-state index is 12.3. The molecule has 1 aliphatic heterocycles. The van der Waals surface area contributed by atoms with E-state index in [1.165, 1.54) is 0 Å². The highest BCUT2D eigenvalue weighted by Gasteiger charge is 2.20. The zero-order chi connectivity index (χ0) is 17.0. The van der Waals surface area contributed by atoms with Crippen molar-refractivity contribution in [2.45, 2.75) is 4.90 Å². The lowest BCUT2D eigenvalue weighted by Gasteiger charge is -2.36. The minimum absolute atomic E-state index is 0.149. The predicted octanol–water partition coefficient (Wildman–Crippen LogP) is 1.99. The van der Waals surface area contributed by atoms with Crippen molar-refractivity contribution in [3.05, 3.63) is 54.6 Å². The monoisotopic (exact) mass is 346 g/mol. The topological polar surface area (TPSA) is 60.9 Å². The lowest BCUT2D eigenvalue weighted by atomic mass is 10.2. The number of aromatic hydroxyl groups is 1. The van der Waals surface area contributed by atoms with Gasteiger partial charge in [0, 0.05) is 38.4 Å².